The summed E-state index contributed by atoms with van der Waals surface area (Å²) in [6, 6.07) is 14.7. The second kappa shape index (κ2) is 19.0. The highest BCUT2D eigenvalue weighted by Gasteiger charge is 2.35. The minimum absolute atomic E-state index is 0.00106. The summed E-state index contributed by atoms with van der Waals surface area (Å²) in [5.41, 5.74) is 13.6. The molecule has 1 unspecified atom stereocenters. The molecule has 0 bridgehead atoms. The first-order valence-electron chi connectivity index (χ1n) is 16.1. The van der Waals surface area contributed by atoms with Crippen molar-refractivity contribution >= 4 is 41.4 Å². The second-order valence-corrected chi connectivity index (χ2v) is 13.5. The molecule has 0 spiro atoms. The van der Waals surface area contributed by atoms with E-state index in [1.165, 1.54) is 16.7 Å². The Bertz CT molecular complexity index is 1330. The van der Waals surface area contributed by atoms with Crippen LogP contribution in [-0.2, 0) is 36.8 Å². The minimum atomic E-state index is -1.03. The number of thioether (sulfide) groups is 1. The molecule has 0 radical (unpaired) electrons. The van der Waals surface area contributed by atoms with E-state index >= 15 is 0 Å². The van der Waals surface area contributed by atoms with Crippen molar-refractivity contribution in [2.24, 2.45) is 17.4 Å². The molecule has 2 aromatic carbocycles. The van der Waals surface area contributed by atoms with Crippen LogP contribution in [0.1, 0.15) is 44.2 Å². The molecule has 0 aromatic heterocycles. The van der Waals surface area contributed by atoms with Crippen molar-refractivity contribution in [2.75, 3.05) is 25.4 Å². The predicted octanol–water partition coefficient (Wildman–Crippen LogP) is 1.07. The van der Waals surface area contributed by atoms with Crippen LogP contribution in [0.5, 0.6) is 0 Å². The van der Waals surface area contributed by atoms with Crippen LogP contribution in [0.25, 0.3) is 0 Å². The molecule has 47 heavy (non-hydrogen) atoms. The number of carbonyl (C=O) groups is 5. The Morgan fingerprint density at radius 3 is 1.98 bits per heavy atom. The summed E-state index contributed by atoms with van der Waals surface area (Å²) in [6.07, 6.45) is 1.44. The Kier molecular flexibility index (Phi) is 15.2. The number of nitrogens with one attached hydrogen (secondary N) is 3. The largest absolute Gasteiger partial charge is 0.480 e. The fourth-order valence-electron chi connectivity index (χ4n) is 5.34. The standard InChI is InChI=1S/C34H48N6O6S/c1-22(2)18-27(31(42)37-26(14-9-15-35)33(44)40-16-17-47-29(21-40)34(45)46)39-32(43)28(20-24-12-7-4-8-13-24)38-30(41)25(36)19-23-10-5-3-6-11-23/h3-8,10-13,22,25-29H,9,14-21,35-36H2,1-2H3,(H,37,42)(H,38,41)(H,39,43)(H,45,46)/t25-,26-,27-,28-,29?/m1/s1. The number of hydrogen-bond donors (Lipinski definition) is 6. The number of aliphatic carboxylic acids is 1. The molecule has 256 valence electrons. The molecule has 0 saturated carbocycles. The SMILES string of the molecule is CC(C)C[C@@H](NC(=O)[C@@H](Cc1ccccc1)NC(=O)[C@H](N)Cc1ccccc1)C(=O)N[C@H](CCCN)C(=O)N1CCSC(C(=O)O)C1. The van der Waals surface area contributed by atoms with Gasteiger partial charge < -0.3 is 37.4 Å². The molecule has 1 aliphatic heterocycles. The molecule has 8 N–H and O–H groups in total. The molecule has 1 heterocycles. The van der Waals surface area contributed by atoms with Crippen LogP contribution in [-0.4, -0.2) is 94.4 Å². The zero-order valence-electron chi connectivity index (χ0n) is 27.1. The van der Waals surface area contributed by atoms with Gasteiger partial charge in [0.2, 0.25) is 23.6 Å². The van der Waals surface area contributed by atoms with Crippen molar-refractivity contribution in [3.05, 3.63) is 71.8 Å². The van der Waals surface area contributed by atoms with E-state index in [9.17, 15) is 29.1 Å². The van der Waals surface area contributed by atoms with E-state index in [4.69, 9.17) is 11.5 Å². The van der Waals surface area contributed by atoms with Crippen molar-refractivity contribution in [1.29, 1.82) is 0 Å². The van der Waals surface area contributed by atoms with Gasteiger partial charge in [0.1, 0.15) is 23.4 Å². The highest BCUT2D eigenvalue weighted by Crippen LogP contribution is 2.20. The van der Waals surface area contributed by atoms with Gasteiger partial charge in [0.25, 0.3) is 0 Å². The third kappa shape index (κ3) is 12.3. The van der Waals surface area contributed by atoms with Gasteiger partial charge in [-0.25, -0.2) is 0 Å². The van der Waals surface area contributed by atoms with E-state index in [-0.39, 0.29) is 44.1 Å². The molecule has 4 amide bonds. The van der Waals surface area contributed by atoms with Gasteiger partial charge in [-0.05, 0) is 49.3 Å². The summed E-state index contributed by atoms with van der Waals surface area (Å²) >= 11 is 1.28. The number of carboxylic acids is 1. The molecule has 1 saturated heterocycles. The molecular weight excluding hydrogens is 620 g/mol. The molecular formula is C34H48N6O6S. The van der Waals surface area contributed by atoms with Crippen molar-refractivity contribution in [1.82, 2.24) is 20.9 Å². The summed E-state index contributed by atoms with van der Waals surface area (Å²) in [7, 11) is 0. The number of carboxylic acid groups (broad SMARTS) is 1. The molecule has 1 aliphatic rings. The third-order valence-electron chi connectivity index (χ3n) is 7.86. The van der Waals surface area contributed by atoms with Crippen LogP contribution in [0.3, 0.4) is 0 Å². The van der Waals surface area contributed by atoms with Gasteiger partial charge >= 0.3 is 5.97 Å². The third-order valence-corrected chi connectivity index (χ3v) is 9.03. The maximum atomic E-state index is 13.8. The normalized spacial score (nSPS) is 17.2. The van der Waals surface area contributed by atoms with E-state index in [0.717, 1.165) is 11.1 Å². The highest BCUT2D eigenvalue weighted by molar-refractivity contribution is 8.00. The monoisotopic (exact) mass is 668 g/mol. The summed E-state index contributed by atoms with van der Waals surface area (Å²) in [5.74, 6) is -2.51. The number of rotatable bonds is 17. The Labute approximate surface area is 280 Å². The van der Waals surface area contributed by atoms with Crippen LogP contribution in [0.4, 0.5) is 0 Å². The number of nitrogens with two attached hydrogens (primary N) is 2. The average Bonchev–Trinajstić information content (AvgIpc) is 3.06. The van der Waals surface area contributed by atoms with Gasteiger partial charge in [-0.15, -0.1) is 11.8 Å². The lowest BCUT2D eigenvalue weighted by Crippen LogP contribution is -2.59. The zero-order valence-corrected chi connectivity index (χ0v) is 27.9. The highest BCUT2D eigenvalue weighted by atomic mass is 32.2. The lowest BCUT2D eigenvalue weighted by Gasteiger charge is -2.34. The van der Waals surface area contributed by atoms with E-state index in [1.807, 2.05) is 74.5 Å². The summed E-state index contributed by atoms with van der Waals surface area (Å²) in [5, 5.41) is 17.2. The van der Waals surface area contributed by atoms with Gasteiger partial charge in [0.05, 0.1) is 6.04 Å². The molecule has 2 aromatic rings. The van der Waals surface area contributed by atoms with Crippen molar-refractivity contribution < 1.29 is 29.1 Å². The quantitative estimate of drug-likeness (QED) is 0.143. The number of carbonyl (C=O) groups excluding carboxylic acids is 4. The average molecular weight is 669 g/mol. The smallest absolute Gasteiger partial charge is 0.318 e. The van der Waals surface area contributed by atoms with Crippen molar-refractivity contribution in [3.63, 3.8) is 0 Å². The second-order valence-electron chi connectivity index (χ2n) is 12.2. The van der Waals surface area contributed by atoms with Crippen LogP contribution < -0.4 is 27.4 Å². The zero-order chi connectivity index (χ0) is 34.3. The van der Waals surface area contributed by atoms with Crippen LogP contribution >= 0.6 is 11.8 Å². The fraction of sp³-hybridized carbons (Fsp3) is 0.500. The maximum absolute atomic E-state index is 13.8. The first kappa shape index (κ1) is 37.5. The van der Waals surface area contributed by atoms with Gasteiger partial charge in [0.15, 0.2) is 0 Å². The first-order chi connectivity index (χ1) is 22.5. The summed E-state index contributed by atoms with van der Waals surface area (Å²) in [6.45, 7) is 4.52. The van der Waals surface area contributed by atoms with Gasteiger partial charge in [-0.2, -0.15) is 0 Å². The predicted molar refractivity (Wildman–Crippen MR) is 182 cm³/mol. The van der Waals surface area contributed by atoms with Gasteiger partial charge in [-0.1, -0.05) is 74.5 Å². The Hall–Kier alpha value is -3.94. The molecule has 5 atom stereocenters. The summed E-state index contributed by atoms with van der Waals surface area (Å²) in [4.78, 5) is 67.3. The number of benzene rings is 2. The topological polar surface area (TPSA) is 197 Å². The van der Waals surface area contributed by atoms with Crippen molar-refractivity contribution in [2.45, 2.75) is 75.4 Å². The Morgan fingerprint density at radius 2 is 1.40 bits per heavy atom. The molecule has 1 fully saturated rings. The molecule has 0 aliphatic carbocycles. The van der Waals surface area contributed by atoms with Crippen LogP contribution in [0.15, 0.2) is 60.7 Å². The van der Waals surface area contributed by atoms with E-state index in [2.05, 4.69) is 16.0 Å². The molecule has 13 heteroatoms. The first-order valence-corrected chi connectivity index (χ1v) is 17.1. The van der Waals surface area contributed by atoms with Gasteiger partial charge in [-0.3, -0.25) is 24.0 Å². The lowest BCUT2D eigenvalue weighted by molar-refractivity contribution is -0.140. The Morgan fingerprint density at radius 1 is 0.851 bits per heavy atom. The lowest BCUT2D eigenvalue weighted by atomic mass is 9.99. The number of nitrogens with zero attached hydrogens (tertiary/aromatic N) is 1. The molecule has 3 rings (SSSR count). The Balaban J connectivity index is 1.77. The van der Waals surface area contributed by atoms with E-state index in [0.29, 0.717) is 25.3 Å². The number of hydrogen-bond acceptors (Lipinski definition) is 8. The van der Waals surface area contributed by atoms with E-state index < -0.39 is 53.1 Å². The van der Waals surface area contributed by atoms with Crippen molar-refractivity contribution in [3.8, 4) is 0 Å². The van der Waals surface area contributed by atoms with Gasteiger partial charge in [0, 0.05) is 25.3 Å². The molecule has 12 nitrogen and oxygen atoms in total. The van der Waals surface area contributed by atoms with Crippen LogP contribution in [0, 0.1) is 5.92 Å². The summed E-state index contributed by atoms with van der Waals surface area (Å²) < 4.78 is 0. The maximum Gasteiger partial charge on any atom is 0.318 e. The van der Waals surface area contributed by atoms with Crippen LogP contribution in [0.2, 0.25) is 0 Å². The fourth-order valence-corrected chi connectivity index (χ4v) is 6.38. The minimum Gasteiger partial charge on any atom is -0.480 e. The van der Waals surface area contributed by atoms with E-state index in [1.54, 1.807) is 0 Å². The number of amides is 4.